The summed E-state index contributed by atoms with van der Waals surface area (Å²) in [5.74, 6) is 0.473. The molecule has 0 unspecified atom stereocenters. The van der Waals surface area contributed by atoms with Gasteiger partial charge >= 0.3 is 0 Å². The summed E-state index contributed by atoms with van der Waals surface area (Å²) < 4.78 is 1.79. The molecule has 14 heavy (non-hydrogen) atoms. The highest BCUT2D eigenvalue weighted by Gasteiger charge is 2.08. The fourth-order valence-corrected chi connectivity index (χ4v) is 1.67. The highest BCUT2D eigenvalue weighted by Crippen LogP contribution is 2.17. The van der Waals surface area contributed by atoms with E-state index < -0.39 is 0 Å². The molecule has 0 amide bonds. The monoisotopic (exact) mass is 193 g/mol. The second-order valence-electron chi connectivity index (χ2n) is 4.41. The van der Waals surface area contributed by atoms with Crippen LogP contribution in [0, 0.1) is 6.92 Å². The van der Waals surface area contributed by atoms with Gasteiger partial charge in [0.1, 0.15) is 0 Å². The van der Waals surface area contributed by atoms with Crippen LogP contribution in [0.15, 0.2) is 17.1 Å². The van der Waals surface area contributed by atoms with Crippen molar-refractivity contribution in [3.05, 3.63) is 33.7 Å². The molecule has 0 atom stereocenters. The summed E-state index contributed by atoms with van der Waals surface area (Å²) in [4.78, 5) is 11.6. The molecule has 0 spiro atoms. The van der Waals surface area contributed by atoms with Gasteiger partial charge in [0.2, 0.25) is 0 Å². The van der Waals surface area contributed by atoms with Crippen LogP contribution in [-0.2, 0) is 0 Å². The molecule has 0 aromatic carbocycles. The van der Waals surface area contributed by atoms with Gasteiger partial charge in [0.15, 0.2) is 0 Å². The number of rotatable bonds is 2. The van der Waals surface area contributed by atoms with Crippen LogP contribution < -0.4 is 5.56 Å². The number of hydrogen-bond acceptors (Lipinski definition) is 1. The van der Waals surface area contributed by atoms with Gasteiger partial charge in [-0.15, -0.1) is 0 Å². The molecule has 0 aliphatic carbocycles. The van der Waals surface area contributed by atoms with Gasteiger partial charge in [-0.1, -0.05) is 13.8 Å². The highest BCUT2D eigenvalue weighted by molar-refractivity contribution is 5.25. The van der Waals surface area contributed by atoms with Crippen molar-refractivity contribution in [1.29, 1.82) is 0 Å². The average Bonchev–Trinajstić information content (AvgIpc) is 2.02. The Balaban J connectivity index is 3.35. The van der Waals surface area contributed by atoms with Crippen molar-refractivity contribution >= 4 is 0 Å². The Morgan fingerprint density at radius 1 is 1.21 bits per heavy atom. The van der Waals surface area contributed by atoms with Crippen LogP contribution in [0.3, 0.4) is 0 Å². The largest absolute Gasteiger partial charge is 0.313 e. The van der Waals surface area contributed by atoms with Crippen molar-refractivity contribution in [2.24, 2.45) is 0 Å². The molecule has 0 saturated heterocycles. The predicted octanol–water partition coefficient (Wildman–Crippen LogP) is 2.86. The smallest absolute Gasteiger partial charge is 0.251 e. The fraction of sp³-hybridized carbons (Fsp3) is 0.583. The van der Waals surface area contributed by atoms with Crippen LogP contribution in [0.25, 0.3) is 0 Å². The topological polar surface area (TPSA) is 22.0 Å². The average molecular weight is 193 g/mol. The summed E-state index contributed by atoms with van der Waals surface area (Å²) in [5.41, 5.74) is 2.46. The van der Waals surface area contributed by atoms with Crippen LogP contribution in [0.2, 0.25) is 0 Å². The first-order valence-electron chi connectivity index (χ1n) is 5.16. The summed E-state index contributed by atoms with van der Waals surface area (Å²) >= 11 is 0. The lowest BCUT2D eigenvalue weighted by molar-refractivity contribution is 0.570. The molecule has 78 valence electrons. The zero-order chi connectivity index (χ0) is 10.9. The maximum Gasteiger partial charge on any atom is 0.251 e. The van der Waals surface area contributed by atoms with E-state index in [0.717, 1.165) is 5.56 Å². The van der Waals surface area contributed by atoms with E-state index in [-0.39, 0.29) is 11.6 Å². The lowest BCUT2D eigenvalue weighted by Crippen LogP contribution is -2.22. The maximum absolute atomic E-state index is 11.6. The Bertz CT molecular complexity index is 374. The second-order valence-corrected chi connectivity index (χ2v) is 4.41. The molecule has 1 aromatic heterocycles. The number of aryl methyl sites for hydroxylation is 1. The minimum Gasteiger partial charge on any atom is -0.313 e. The third-order valence-electron chi connectivity index (χ3n) is 2.51. The van der Waals surface area contributed by atoms with Gasteiger partial charge in [0, 0.05) is 18.3 Å². The van der Waals surface area contributed by atoms with Crippen LogP contribution in [-0.4, -0.2) is 4.57 Å². The van der Waals surface area contributed by atoms with Crippen molar-refractivity contribution in [2.45, 2.75) is 46.6 Å². The van der Waals surface area contributed by atoms with Crippen molar-refractivity contribution in [3.63, 3.8) is 0 Å². The maximum atomic E-state index is 11.6. The Morgan fingerprint density at radius 3 is 2.21 bits per heavy atom. The third kappa shape index (κ3) is 2.06. The molecule has 0 aliphatic heterocycles. The summed E-state index contributed by atoms with van der Waals surface area (Å²) in [6.07, 6.45) is 1.99. The summed E-state index contributed by atoms with van der Waals surface area (Å²) in [7, 11) is 0. The molecule has 0 bridgehead atoms. The predicted molar refractivity (Wildman–Crippen MR) is 59.9 cm³/mol. The molecule has 0 radical (unpaired) electrons. The van der Waals surface area contributed by atoms with Crippen molar-refractivity contribution in [1.82, 2.24) is 4.57 Å². The van der Waals surface area contributed by atoms with Gasteiger partial charge in [0.25, 0.3) is 5.56 Å². The zero-order valence-corrected chi connectivity index (χ0v) is 9.66. The van der Waals surface area contributed by atoms with E-state index in [1.807, 2.05) is 27.0 Å². The zero-order valence-electron chi connectivity index (χ0n) is 9.66. The number of hydrogen-bond donors (Lipinski definition) is 0. The van der Waals surface area contributed by atoms with E-state index in [1.165, 1.54) is 5.56 Å². The van der Waals surface area contributed by atoms with Crippen molar-refractivity contribution in [3.8, 4) is 0 Å². The SMILES string of the molecule is Cc1cc(=O)n(C(C)C)cc1C(C)C. The molecule has 0 fully saturated rings. The molecule has 0 aliphatic rings. The van der Waals surface area contributed by atoms with Crippen molar-refractivity contribution < 1.29 is 0 Å². The quantitative estimate of drug-likeness (QED) is 0.708. The van der Waals surface area contributed by atoms with E-state index in [9.17, 15) is 4.79 Å². The highest BCUT2D eigenvalue weighted by atomic mass is 16.1. The van der Waals surface area contributed by atoms with E-state index in [0.29, 0.717) is 5.92 Å². The fourth-order valence-electron chi connectivity index (χ4n) is 1.67. The van der Waals surface area contributed by atoms with Crippen LogP contribution in [0.4, 0.5) is 0 Å². The van der Waals surface area contributed by atoms with Gasteiger partial charge < -0.3 is 4.57 Å². The minimum absolute atomic E-state index is 0.0990. The molecule has 1 heterocycles. The second kappa shape index (κ2) is 3.99. The first-order chi connectivity index (χ1) is 6.43. The molecule has 0 saturated carbocycles. The number of pyridine rings is 1. The Hall–Kier alpha value is -1.05. The minimum atomic E-state index is 0.0990. The molecular weight excluding hydrogens is 174 g/mol. The molecule has 1 rings (SSSR count). The van der Waals surface area contributed by atoms with E-state index in [1.54, 1.807) is 10.6 Å². The van der Waals surface area contributed by atoms with Crippen LogP contribution >= 0.6 is 0 Å². The van der Waals surface area contributed by atoms with Crippen molar-refractivity contribution in [2.75, 3.05) is 0 Å². The van der Waals surface area contributed by atoms with Gasteiger partial charge in [-0.2, -0.15) is 0 Å². The normalized spacial score (nSPS) is 11.4. The van der Waals surface area contributed by atoms with Gasteiger partial charge in [-0.25, -0.2) is 0 Å². The van der Waals surface area contributed by atoms with Gasteiger partial charge in [0.05, 0.1) is 0 Å². The van der Waals surface area contributed by atoms with Crippen LogP contribution in [0.5, 0.6) is 0 Å². The number of aromatic nitrogens is 1. The first kappa shape index (κ1) is 11.0. The molecule has 0 N–H and O–H groups in total. The Morgan fingerprint density at radius 2 is 1.79 bits per heavy atom. The lowest BCUT2D eigenvalue weighted by Gasteiger charge is -2.15. The van der Waals surface area contributed by atoms with Gasteiger partial charge in [-0.05, 0) is 37.8 Å². The number of nitrogens with zero attached hydrogens (tertiary/aromatic N) is 1. The summed E-state index contributed by atoms with van der Waals surface area (Å²) in [6, 6.07) is 1.97. The van der Waals surface area contributed by atoms with E-state index in [2.05, 4.69) is 13.8 Å². The summed E-state index contributed by atoms with van der Waals surface area (Å²) in [6.45, 7) is 10.4. The molecule has 2 heteroatoms. The standard InChI is InChI=1S/C12H19NO/c1-8(2)11-7-13(9(3)4)12(14)6-10(11)5/h6-9H,1-5H3. The van der Waals surface area contributed by atoms with E-state index >= 15 is 0 Å². The van der Waals surface area contributed by atoms with Gasteiger partial charge in [-0.3, -0.25) is 4.79 Å². The Labute approximate surface area is 85.6 Å². The molecular formula is C12H19NO. The van der Waals surface area contributed by atoms with Crippen LogP contribution in [0.1, 0.15) is 50.8 Å². The molecule has 1 aromatic rings. The lowest BCUT2D eigenvalue weighted by atomic mass is 10.0. The first-order valence-corrected chi connectivity index (χ1v) is 5.16. The summed E-state index contributed by atoms with van der Waals surface area (Å²) in [5, 5.41) is 0. The Kier molecular flexibility index (Phi) is 3.14. The molecule has 2 nitrogen and oxygen atoms in total. The van der Waals surface area contributed by atoms with E-state index in [4.69, 9.17) is 0 Å². The third-order valence-corrected chi connectivity index (χ3v) is 2.51.